The number of likely N-dealkylation sites (tertiary alicyclic amines) is 1. The van der Waals surface area contributed by atoms with E-state index in [9.17, 15) is 4.79 Å². The minimum Gasteiger partial charge on any atom is -0.343 e. The maximum absolute atomic E-state index is 11.4. The summed E-state index contributed by atoms with van der Waals surface area (Å²) in [6, 6.07) is 9.44. The molecule has 3 heteroatoms. The molecule has 1 aromatic carbocycles. The number of amides is 1. The van der Waals surface area contributed by atoms with Gasteiger partial charge in [0.2, 0.25) is 5.91 Å². The van der Waals surface area contributed by atoms with Gasteiger partial charge in [0.15, 0.2) is 0 Å². The van der Waals surface area contributed by atoms with Crippen LogP contribution in [0.25, 0.3) is 0 Å². The summed E-state index contributed by atoms with van der Waals surface area (Å²) in [5, 5.41) is 3.61. The summed E-state index contributed by atoms with van der Waals surface area (Å²) in [6.07, 6.45) is 4.73. The lowest BCUT2D eigenvalue weighted by atomic mass is 9.84. The molecule has 2 fully saturated rings. The summed E-state index contributed by atoms with van der Waals surface area (Å²) in [4.78, 5) is 13.4. The Kier molecular flexibility index (Phi) is 6.44. The summed E-state index contributed by atoms with van der Waals surface area (Å²) in [6.45, 7) is 8.64. The molecule has 2 aliphatic rings. The molecular formula is C19H30N2O. The summed E-state index contributed by atoms with van der Waals surface area (Å²) in [5.41, 5.74) is 3.00. The largest absolute Gasteiger partial charge is 0.343 e. The van der Waals surface area contributed by atoms with Crippen LogP contribution < -0.4 is 5.32 Å². The van der Waals surface area contributed by atoms with Gasteiger partial charge in [0.25, 0.3) is 0 Å². The van der Waals surface area contributed by atoms with Crippen LogP contribution in [0.1, 0.15) is 69.5 Å². The fraction of sp³-hybridized carbons (Fsp3) is 0.632. The van der Waals surface area contributed by atoms with Crippen molar-refractivity contribution in [2.45, 2.75) is 58.4 Å². The van der Waals surface area contributed by atoms with Gasteiger partial charge in [0, 0.05) is 26.1 Å². The third kappa shape index (κ3) is 3.89. The van der Waals surface area contributed by atoms with Crippen LogP contribution in [0.4, 0.5) is 0 Å². The van der Waals surface area contributed by atoms with E-state index in [1.54, 1.807) is 6.92 Å². The van der Waals surface area contributed by atoms with E-state index in [2.05, 4.69) is 29.6 Å². The van der Waals surface area contributed by atoms with Gasteiger partial charge in [-0.3, -0.25) is 4.79 Å². The second-order valence-electron chi connectivity index (χ2n) is 6.06. The lowest BCUT2D eigenvalue weighted by Crippen LogP contribution is -2.36. The first-order chi connectivity index (χ1) is 10.8. The van der Waals surface area contributed by atoms with E-state index >= 15 is 0 Å². The normalized spacial score (nSPS) is 22.1. The maximum Gasteiger partial charge on any atom is 0.219 e. The first-order valence-electron chi connectivity index (χ1n) is 8.83. The first kappa shape index (κ1) is 17.0. The third-order valence-corrected chi connectivity index (χ3v) is 4.81. The van der Waals surface area contributed by atoms with Crippen LogP contribution in [0.2, 0.25) is 0 Å². The van der Waals surface area contributed by atoms with Crippen molar-refractivity contribution in [2.24, 2.45) is 0 Å². The zero-order chi connectivity index (χ0) is 15.9. The van der Waals surface area contributed by atoms with Crippen LogP contribution in [0.3, 0.4) is 0 Å². The molecule has 2 saturated heterocycles. The van der Waals surface area contributed by atoms with Crippen LogP contribution in [-0.2, 0) is 4.79 Å². The Bertz CT molecular complexity index is 472. The van der Waals surface area contributed by atoms with Crippen LogP contribution >= 0.6 is 0 Å². The van der Waals surface area contributed by atoms with Gasteiger partial charge < -0.3 is 10.2 Å². The molecule has 0 saturated carbocycles. The molecule has 22 heavy (non-hydrogen) atoms. The van der Waals surface area contributed by atoms with Crippen LogP contribution in [0.5, 0.6) is 0 Å². The highest BCUT2D eigenvalue weighted by Crippen LogP contribution is 2.35. The molecule has 1 N–H and O–H groups in total. The van der Waals surface area contributed by atoms with E-state index in [0.717, 1.165) is 32.5 Å². The molecule has 3 rings (SSSR count). The predicted octanol–water partition coefficient (Wildman–Crippen LogP) is 3.86. The van der Waals surface area contributed by atoms with E-state index in [4.69, 9.17) is 0 Å². The molecule has 3 nitrogen and oxygen atoms in total. The van der Waals surface area contributed by atoms with Gasteiger partial charge in [-0.2, -0.15) is 0 Å². The second kappa shape index (κ2) is 8.33. The smallest absolute Gasteiger partial charge is 0.219 e. The Balaban J connectivity index is 0.000000847. The zero-order valence-corrected chi connectivity index (χ0v) is 14.3. The highest BCUT2D eigenvalue weighted by atomic mass is 16.2. The second-order valence-corrected chi connectivity index (χ2v) is 6.06. The summed E-state index contributed by atoms with van der Waals surface area (Å²) in [7, 11) is 0. The number of rotatable bonds is 2. The first-order valence-corrected chi connectivity index (χ1v) is 8.83. The molecule has 0 spiro atoms. The summed E-state index contributed by atoms with van der Waals surface area (Å²) >= 11 is 0. The molecule has 0 aliphatic carbocycles. The molecule has 1 atom stereocenters. The SMILES string of the molecule is CC.CC(=O)N1CCC(c2ccccc2C2CCCN2)CC1. The topological polar surface area (TPSA) is 32.3 Å². The predicted molar refractivity (Wildman–Crippen MR) is 92.0 cm³/mol. The highest BCUT2D eigenvalue weighted by molar-refractivity contribution is 5.73. The molecule has 2 aliphatic heterocycles. The Morgan fingerprint density at radius 1 is 1.09 bits per heavy atom. The fourth-order valence-corrected chi connectivity index (χ4v) is 3.66. The van der Waals surface area contributed by atoms with E-state index in [-0.39, 0.29) is 5.91 Å². The Morgan fingerprint density at radius 2 is 1.73 bits per heavy atom. The van der Waals surface area contributed by atoms with Crippen molar-refractivity contribution in [3.63, 3.8) is 0 Å². The lowest BCUT2D eigenvalue weighted by Gasteiger charge is -2.33. The molecular weight excluding hydrogens is 272 g/mol. The van der Waals surface area contributed by atoms with Crippen LogP contribution in [0.15, 0.2) is 24.3 Å². The third-order valence-electron chi connectivity index (χ3n) is 4.81. The van der Waals surface area contributed by atoms with Gasteiger partial charge in [-0.25, -0.2) is 0 Å². The molecule has 122 valence electrons. The fourth-order valence-electron chi connectivity index (χ4n) is 3.66. The monoisotopic (exact) mass is 302 g/mol. The Labute approximate surface area is 135 Å². The lowest BCUT2D eigenvalue weighted by molar-refractivity contribution is -0.129. The number of carbonyl (C=O) groups is 1. The van der Waals surface area contributed by atoms with Crippen LogP contribution in [0, 0.1) is 0 Å². The van der Waals surface area contributed by atoms with Crippen molar-refractivity contribution in [2.75, 3.05) is 19.6 Å². The Morgan fingerprint density at radius 3 is 2.27 bits per heavy atom. The van der Waals surface area contributed by atoms with Gasteiger partial charge in [-0.1, -0.05) is 38.1 Å². The number of carbonyl (C=O) groups excluding carboxylic acids is 1. The van der Waals surface area contributed by atoms with Crippen molar-refractivity contribution >= 4 is 5.91 Å². The minimum absolute atomic E-state index is 0.217. The molecule has 1 amide bonds. The average molecular weight is 302 g/mol. The number of hydrogen-bond donors (Lipinski definition) is 1. The highest BCUT2D eigenvalue weighted by Gasteiger charge is 2.26. The van der Waals surface area contributed by atoms with Crippen molar-refractivity contribution < 1.29 is 4.79 Å². The van der Waals surface area contributed by atoms with Crippen LogP contribution in [-0.4, -0.2) is 30.4 Å². The molecule has 0 aromatic heterocycles. The zero-order valence-electron chi connectivity index (χ0n) is 14.3. The van der Waals surface area contributed by atoms with Crippen molar-refractivity contribution in [1.29, 1.82) is 0 Å². The van der Waals surface area contributed by atoms with Crippen molar-refractivity contribution in [3.05, 3.63) is 35.4 Å². The average Bonchev–Trinajstić information content (AvgIpc) is 3.11. The van der Waals surface area contributed by atoms with Crippen molar-refractivity contribution in [1.82, 2.24) is 10.2 Å². The molecule has 1 unspecified atom stereocenters. The summed E-state index contributed by atoms with van der Waals surface area (Å²) in [5.74, 6) is 0.832. The maximum atomic E-state index is 11.4. The standard InChI is InChI=1S/C17H24N2O.C2H6/c1-13(20)19-11-8-14(9-12-19)15-5-2-3-6-16(15)17-7-4-10-18-17;1-2/h2-3,5-6,14,17-18H,4,7-12H2,1H3;1-2H3. The minimum atomic E-state index is 0.217. The van der Waals surface area contributed by atoms with E-state index in [1.807, 2.05) is 18.7 Å². The number of nitrogens with zero attached hydrogens (tertiary/aromatic N) is 1. The van der Waals surface area contributed by atoms with E-state index < -0.39 is 0 Å². The van der Waals surface area contributed by atoms with Gasteiger partial charge in [0.05, 0.1) is 0 Å². The van der Waals surface area contributed by atoms with Crippen molar-refractivity contribution in [3.8, 4) is 0 Å². The van der Waals surface area contributed by atoms with E-state index in [0.29, 0.717) is 12.0 Å². The molecule has 0 radical (unpaired) electrons. The molecule has 2 heterocycles. The molecule has 1 aromatic rings. The number of hydrogen-bond acceptors (Lipinski definition) is 2. The molecule has 0 bridgehead atoms. The number of benzene rings is 1. The number of piperidine rings is 1. The van der Waals surface area contributed by atoms with Gasteiger partial charge in [-0.15, -0.1) is 0 Å². The summed E-state index contributed by atoms with van der Waals surface area (Å²) < 4.78 is 0. The van der Waals surface area contributed by atoms with Gasteiger partial charge >= 0.3 is 0 Å². The van der Waals surface area contributed by atoms with E-state index in [1.165, 1.54) is 24.0 Å². The quantitative estimate of drug-likeness (QED) is 0.899. The number of nitrogens with one attached hydrogen (secondary N) is 1. The Hall–Kier alpha value is -1.35. The van der Waals surface area contributed by atoms with Gasteiger partial charge in [0.1, 0.15) is 0 Å². The van der Waals surface area contributed by atoms with Gasteiger partial charge in [-0.05, 0) is 49.3 Å².